The van der Waals surface area contributed by atoms with Crippen molar-refractivity contribution >= 4 is 38.8 Å². The average molecular weight is 554 g/mol. The molecule has 0 fully saturated rings. The highest BCUT2D eigenvalue weighted by Gasteiger charge is 2.41. The summed E-state index contributed by atoms with van der Waals surface area (Å²) in [6, 6.07) is 12.6. The SMILES string of the molecule is CCCOCn1ccc2cc(Br)c(C(Cc3cc(F)cc(F)c3)N3C(=O)c4ccccc4C3=O)nc21. The van der Waals surface area contributed by atoms with E-state index in [-0.39, 0.29) is 24.3 Å². The number of carbonyl (C=O) groups excluding carboxylic acids is 2. The topological polar surface area (TPSA) is 64.4 Å². The van der Waals surface area contributed by atoms with Crippen molar-refractivity contribution in [3.8, 4) is 0 Å². The summed E-state index contributed by atoms with van der Waals surface area (Å²) < 4.78 is 36.2. The predicted octanol–water partition coefficient (Wildman–Crippen LogP) is 6.04. The standard InChI is InChI=1S/C27H22BrF2N3O3/c1-2-9-36-15-32-8-7-17-13-22(28)24(31-25(17)32)23(12-16-10-18(29)14-19(30)11-16)33-26(34)20-5-3-4-6-21(20)27(33)35/h3-8,10-11,13-14,23H,2,9,12,15H2,1H3. The number of fused-ring (bicyclic) bond motifs is 2. The maximum atomic E-state index is 14.0. The molecular formula is C27H22BrF2N3O3. The third-order valence-electron chi connectivity index (χ3n) is 6.10. The Morgan fingerprint density at radius 2 is 1.67 bits per heavy atom. The summed E-state index contributed by atoms with van der Waals surface area (Å²) in [6.07, 6.45) is 2.70. The van der Waals surface area contributed by atoms with Gasteiger partial charge in [0.25, 0.3) is 11.8 Å². The molecule has 1 unspecified atom stereocenters. The van der Waals surface area contributed by atoms with Crippen LogP contribution in [0.4, 0.5) is 8.78 Å². The number of carbonyl (C=O) groups is 2. The second-order valence-electron chi connectivity index (χ2n) is 8.61. The van der Waals surface area contributed by atoms with Crippen LogP contribution in [0.3, 0.4) is 0 Å². The van der Waals surface area contributed by atoms with E-state index < -0.39 is 29.5 Å². The quantitative estimate of drug-likeness (QED) is 0.197. The van der Waals surface area contributed by atoms with Gasteiger partial charge in [-0.15, -0.1) is 0 Å². The number of amides is 2. The molecule has 1 aliphatic rings. The molecule has 0 N–H and O–H groups in total. The van der Waals surface area contributed by atoms with Crippen molar-refractivity contribution in [2.24, 2.45) is 0 Å². The third-order valence-corrected chi connectivity index (χ3v) is 6.74. The van der Waals surface area contributed by atoms with Gasteiger partial charge in [0.05, 0.1) is 22.9 Å². The molecule has 0 radical (unpaired) electrons. The van der Waals surface area contributed by atoms with Crippen molar-refractivity contribution in [2.75, 3.05) is 6.61 Å². The van der Waals surface area contributed by atoms with Crippen LogP contribution in [0.5, 0.6) is 0 Å². The van der Waals surface area contributed by atoms with Gasteiger partial charge in [-0.25, -0.2) is 13.8 Å². The fourth-order valence-electron chi connectivity index (χ4n) is 4.50. The Morgan fingerprint density at radius 1 is 1.00 bits per heavy atom. The molecule has 0 spiro atoms. The van der Waals surface area contributed by atoms with Gasteiger partial charge in [0.15, 0.2) is 0 Å². The molecule has 2 aromatic carbocycles. The highest BCUT2D eigenvalue weighted by Crippen LogP contribution is 2.37. The maximum Gasteiger partial charge on any atom is 0.262 e. The van der Waals surface area contributed by atoms with Crippen LogP contribution in [0.15, 0.2) is 65.3 Å². The van der Waals surface area contributed by atoms with E-state index in [1.54, 1.807) is 24.3 Å². The van der Waals surface area contributed by atoms with E-state index in [1.807, 2.05) is 29.8 Å². The third kappa shape index (κ3) is 4.44. The fraction of sp³-hybridized carbons (Fsp3) is 0.222. The first-order chi connectivity index (χ1) is 17.4. The lowest BCUT2D eigenvalue weighted by molar-refractivity contribution is 0.0577. The van der Waals surface area contributed by atoms with E-state index in [1.165, 1.54) is 12.1 Å². The second kappa shape index (κ2) is 9.91. The first kappa shape index (κ1) is 24.3. The van der Waals surface area contributed by atoms with E-state index >= 15 is 0 Å². The lowest BCUT2D eigenvalue weighted by atomic mass is 10.0. The van der Waals surface area contributed by atoms with Crippen LogP contribution < -0.4 is 0 Å². The lowest BCUT2D eigenvalue weighted by Crippen LogP contribution is -2.36. The number of benzene rings is 2. The van der Waals surface area contributed by atoms with E-state index in [2.05, 4.69) is 15.9 Å². The van der Waals surface area contributed by atoms with Crippen molar-refractivity contribution in [1.29, 1.82) is 0 Å². The zero-order valence-corrected chi connectivity index (χ0v) is 21.0. The van der Waals surface area contributed by atoms with Gasteiger partial charge in [0, 0.05) is 28.7 Å². The van der Waals surface area contributed by atoms with Gasteiger partial charge in [-0.1, -0.05) is 19.1 Å². The Hall–Kier alpha value is -3.43. The van der Waals surface area contributed by atoms with Crippen LogP contribution in [0.25, 0.3) is 11.0 Å². The summed E-state index contributed by atoms with van der Waals surface area (Å²) >= 11 is 3.56. The lowest BCUT2D eigenvalue weighted by Gasteiger charge is -2.27. The summed E-state index contributed by atoms with van der Waals surface area (Å²) in [4.78, 5) is 32.8. The highest BCUT2D eigenvalue weighted by molar-refractivity contribution is 9.10. The van der Waals surface area contributed by atoms with Gasteiger partial charge in [-0.3, -0.25) is 14.5 Å². The largest absolute Gasteiger partial charge is 0.361 e. The normalized spacial score (nSPS) is 14.1. The molecule has 2 aromatic heterocycles. The van der Waals surface area contributed by atoms with Crippen molar-refractivity contribution in [2.45, 2.75) is 32.5 Å². The van der Waals surface area contributed by atoms with E-state index in [9.17, 15) is 18.4 Å². The molecule has 2 amide bonds. The number of ether oxygens (including phenoxy) is 1. The highest BCUT2D eigenvalue weighted by atomic mass is 79.9. The average Bonchev–Trinajstić information content (AvgIpc) is 3.34. The van der Waals surface area contributed by atoms with Crippen LogP contribution in [-0.2, 0) is 17.9 Å². The maximum absolute atomic E-state index is 14.0. The molecule has 0 bridgehead atoms. The van der Waals surface area contributed by atoms with Crippen LogP contribution >= 0.6 is 15.9 Å². The van der Waals surface area contributed by atoms with Crippen molar-refractivity contribution in [3.05, 3.63) is 99.3 Å². The fourth-order valence-corrected chi connectivity index (χ4v) is 5.10. The number of pyridine rings is 1. The number of hydrogen-bond donors (Lipinski definition) is 0. The molecule has 3 heterocycles. The van der Waals surface area contributed by atoms with E-state index in [0.717, 1.165) is 22.8 Å². The summed E-state index contributed by atoms with van der Waals surface area (Å²) in [5, 5.41) is 0.837. The molecule has 0 aliphatic carbocycles. The van der Waals surface area contributed by atoms with E-state index in [0.29, 0.717) is 28.0 Å². The summed E-state index contributed by atoms with van der Waals surface area (Å²) in [5.41, 5.74) is 1.87. The summed E-state index contributed by atoms with van der Waals surface area (Å²) in [6.45, 7) is 2.90. The van der Waals surface area contributed by atoms with Gasteiger partial charge in [-0.05, 0) is 70.7 Å². The predicted molar refractivity (Wildman–Crippen MR) is 133 cm³/mol. The van der Waals surface area contributed by atoms with Gasteiger partial charge >= 0.3 is 0 Å². The molecular weight excluding hydrogens is 532 g/mol. The molecule has 184 valence electrons. The Bertz CT molecular complexity index is 1430. The zero-order valence-electron chi connectivity index (χ0n) is 19.4. The first-order valence-electron chi connectivity index (χ1n) is 11.5. The van der Waals surface area contributed by atoms with Crippen LogP contribution in [-0.4, -0.2) is 32.9 Å². The Labute approximate surface area is 214 Å². The Morgan fingerprint density at radius 3 is 2.31 bits per heavy atom. The molecule has 4 aromatic rings. The number of nitrogens with zero attached hydrogens (tertiary/aromatic N) is 3. The van der Waals surface area contributed by atoms with Gasteiger partial charge in [-0.2, -0.15) is 0 Å². The monoisotopic (exact) mass is 553 g/mol. The molecule has 36 heavy (non-hydrogen) atoms. The minimum Gasteiger partial charge on any atom is -0.361 e. The van der Waals surface area contributed by atoms with Crippen molar-refractivity contribution in [3.63, 3.8) is 0 Å². The number of rotatable bonds is 8. The van der Waals surface area contributed by atoms with E-state index in [4.69, 9.17) is 9.72 Å². The van der Waals surface area contributed by atoms with Gasteiger partial charge in [0.2, 0.25) is 0 Å². The van der Waals surface area contributed by atoms with Crippen LogP contribution in [0.1, 0.15) is 51.4 Å². The molecule has 9 heteroatoms. The molecule has 6 nitrogen and oxygen atoms in total. The smallest absolute Gasteiger partial charge is 0.262 e. The van der Waals surface area contributed by atoms with Crippen LogP contribution in [0.2, 0.25) is 0 Å². The number of aromatic nitrogens is 2. The summed E-state index contributed by atoms with van der Waals surface area (Å²) in [5.74, 6) is -2.44. The minimum atomic E-state index is -0.919. The molecule has 1 atom stereocenters. The Balaban J connectivity index is 1.63. The number of halogens is 3. The van der Waals surface area contributed by atoms with Gasteiger partial charge in [0.1, 0.15) is 24.0 Å². The molecule has 0 saturated heterocycles. The zero-order chi connectivity index (χ0) is 25.4. The van der Waals surface area contributed by atoms with Crippen molar-refractivity contribution < 1.29 is 23.1 Å². The number of imide groups is 1. The summed E-state index contributed by atoms with van der Waals surface area (Å²) in [7, 11) is 0. The molecule has 5 rings (SSSR count). The Kier molecular flexibility index (Phi) is 6.68. The van der Waals surface area contributed by atoms with Gasteiger partial charge < -0.3 is 9.30 Å². The first-order valence-corrected chi connectivity index (χ1v) is 12.3. The minimum absolute atomic E-state index is 0.0235. The molecule has 0 saturated carbocycles. The number of hydrogen-bond acceptors (Lipinski definition) is 4. The second-order valence-corrected chi connectivity index (χ2v) is 9.47. The van der Waals surface area contributed by atoms with Crippen LogP contribution in [0, 0.1) is 11.6 Å². The van der Waals surface area contributed by atoms with Crippen molar-refractivity contribution in [1.82, 2.24) is 14.5 Å². The molecule has 1 aliphatic heterocycles.